The minimum Gasteiger partial charge on any atom is -0.392 e. The Bertz CT molecular complexity index is 336. The maximum atomic E-state index is 8.56. The summed E-state index contributed by atoms with van der Waals surface area (Å²) >= 11 is 0. The van der Waals surface area contributed by atoms with E-state index >= 15 is 0 Å². The largest absolute Gasteiger partial charge is 0.392 e. The summed E-state index contributed by atoms with van der Waals surface area (Å²) in [6, 6.07) is 9.79. The zero-order valence-corrected chi connectivity index (χ0v) is 7.27. The molecular formula is C11H11NO. The van der Waals surface area contributed by atoms with Crippen LogP contribution in [0.1, 0.15) is 11.1 Å². The Morgan fingerprint density at radius 1 is 1.46 bits per heavy atom. The molecule has 0 aliphatic heterocycles. The molecule has 13 heavy (non-hydrogen) atoms. The summed E-state index contributed by atoms with van der Waals surface area (Å²) in [5.41, 5.74) is 2.02. The highest BCUT2D eigenvalue weighted by Gasteiger charge is 1.91. The minimum atomic E-state index is 0.0441. The predicted molar refractivity (Wildman–Crippen MR) is 51.9 cm³/mol. The van der Waals surface area contributed by atoms with Gasteiger partial charge in [-0.25, -0.2) is 0 Å². The average molecular weight is 173 g/mol. The van der Waals surface area contributed by atoms with Crippen molar-refractivity contribution in [2.75, 3.05) is 6.61 Å². The Morgan fingerprint density at radius 3 is 3.00 bits per heavy atom. The number of aliphatic hydroxyl groups is 1. The van der Waals surface area contributed by atoms with Gasteiger partial charge in [-0.15, -0.1) is 0 Å². The van der Waals surface area contributed by atoms with Crippen molar-refractivity contribution < 1.29 is 5.11 Å². The van der Waals surface area contributed by atoms with Gasteiger partial charge in [0.2, 0.25) is 0 Å². The maximum Gasteiger partial charge on any atom is 0.0669 e. The van der Waals surface area contributed by atoms with Gasteiger partial charge in [-0.1, -0.05) is 36.4 Å². The van der Waals surface area contributed by atoms with Gasteiger partial charge in [-0.3, -0.25) is 0 Å². The SMILES string of the molecule is N#CCc1cccc(/C=C/CO)c1. The van der Waals surface area contributed by atoms with E-state index in [0.29, 0.717) is 6.42 Å². The molecule has 0 aliphatic carbocycles. The van der Waals surface area contributed by atoms with Crippen molar-refractivity contribution in [1.82, 2.24) is 0 Å². The van der Waals surface area contributed by atoms with Crippen LogP contribution in [0.15, 0.2) is 30.3 Å². The molecule has 2 nitrogen and oxygen atoms in total. The summed E-state index contributed by atoms with van der Waals surface area (Å²) < 4.78 is 0. The Hall–Kier alpha value is -1.59. The fraction of sp³-hybridized carbons (Fsp3) is 0.182. The second kappa shape index (κ2) is 5.13. The lowest BCUT2D eigenvalue weighted by molar-refractivity contribution is 0.343. The van der Waals surface area contributed by atoms with Gasteiger partial charge in [0.1, 0.15) is 0 Å². The predicted octanol–water partition coefficient (Wildman–Crippen LogP) is 1.76. The lowest BCUT2D eigenvalue weighted by Gasteiger charge is -1.96. The third-order valence-electron chi connectivity index (χ3n) is 1.65. The zero-order valence-electron chi connectivity index (χ0n) is 7.27. The number of nitrogens with zero attached hydrogens (tertiary/aromatic N) is 1. The van der Waals surface area contributed by atoms with E-state index in [1.807, 2.05) is 30.3 Å². The van der Waals surface area contributed by atoms with Gasteiger partial charge in [0, 0.05) is 0 Å². The molecule has 2 heteroatoms. The number of rotatable bonds is 3. The monoisotopic (exact) mass is 173 g/mol. The molecule has 0 spiro atoms. The van der Waals surface area contributed by atoms with E-state index in [4.69, 9.17) is 10.4 Å². The van der Waals surface area contributed by atoms with Gasteiger partial charge in [-0.2, -0.15) is 5.26 Å². The normalized spacial score (nSPS) is 10.2. The van der Waals surface area contributed by atoms with Gasteiger partial charge >= 0.3 is 0 Å². The van der Waals surface area contributed by atoms with Gasteiger partial charge in [0.05, 0.1) is 19.1 Å². The van der Waals surface area contributed by atoms with Gasteiger partial charge in [0.25, 0.3) is 0 Å². The summed E-state index contributed by atoms with van der Waals surface area (Å²) in [5, 5.41) is 17.0. The number of aliphatic hydroxyl groups excluding tert-OH is 1. The minimum absolute atomic E-state index is 0.0441. The van der Waals surface area contributed by atoms with Crippen molar-refractivity contribution in [3.63, 3.8) is 0 Å². The first kappa shape index (κ1) is 9.50. The fourth-order valence-electron chi connectivity index (χ4n) is 1.09. The van der Waals surface area contributed by atoms with Crippen LogP contribution in [0.2, 0.25) is 0 Å². The Balaban J connectivity index is 2.80. The van der Waals surface area contributed by atoms with Crippen LogP contribution in [0, 0.1) is 11.3 Å². The molecule has 0 heterocycles. The fourth-order valence-corrected chi connectivity index (χ4v) is 1.09. The molecule has 1 aromatic carbocycles. The van der Waals surface area contributed by atoms with Gasteiger partial charge < -0.3 is 5.11 Å². The molecule has 0 atom stereocenters. The third-order valence-corrected chi connectivity index (χ3v) is 1.65. The standard InChI is InChI=1S/C11H11NO/c12-7-6-11-4-1-3-10(9-11)5-2-8-13/h1-5,9,13H,6,8H2/b5-2+. The second-order valence-corrected chi connectivity index (χ2v) is 2.66. The highest BCUT2D eigenvalue weighted by atomic mass is 16.2. The summed E-state index contributed by atoms with van der Waals surface area (Å²) in [6.07, 6.45) is 3.94. The van der Waals surface area contributed by atoms with E-state index < -0.39 is 0 Å². The smallest absolute Gasteiger partial charge is 0.0669 e. The average Bonchev–Trinajstić information content (AvgIpc) is 2.16. The molecule has 0 saturated carbocycles. The molecule has 0 fully saturated rings. The summed E-state index contributed by atoms with van der Waals surface area (Å²) in [5.74, 6) is 0. The first-order valence-electron chi connectivity index (χ1n) is 4.10. The molecule has 0 aromatic heterocycles. The van der Waals surface area contributed by atoms with Crippen LogP contribution in [0.4, 0.5) is 0 Å². The van der Waals surface area contributed by atoms with E-state index in [2.05, 4.69) is 6.07 Å². The second-order valence-electron chi connectivity index (χ2n) is 2.66. The van der Waals surface area contributed by atoms with Crippen molar-refractivity contribution in [1.29, 1.82) is 5.26 Å². The van der Waals surface area contributed by atoms with Crippen LogP contribution in [0.5, 0.6) is 0 Å². The molecule has 0 saturated heterocycles. The summed E-state index contributed by atoms with van der Waals surface area (Å²) in [4.78, 5) is 0. The van der Waals surface area contributed by atoms with E-state index in [-0.39, 0.29) is 6.61 Å². The van der Waals surface area contributed by atoms with Crippen molar-refractivity contribution >= 4 is 6.08 Å². The molecule has 0 bridgehead atoms. The van der Waals surface area contributed by atoms with Crippen molar-refractivity contribution in [3.05, 3.63) is 41.5 Å². The Morgan fingerprint density at radius 2 is 2.31 bits per heavy atom. The lowest BCUT2D eigenvalue weighted by atomic mass is 10.1. The van der Waals surface area contributed by atoms with E-state index in [1.54, 1.807) is 6.08 Å². The van der Waals surface area contributed by atoms with E-state index in [9.17, 15) is 0 Å². The van der Waals surface area contributed by atoms with Crippen molar-refractivity contribution in [2.24, 2.45) is 0 Å². The molecular weight excluding hydrogens is 162 g/mol. The van der Waals surface area contributed by atoms with Crippen LogP contribution in [-0.4, -0.2) is 11.7 Å². The van der Waals surface area contributed by atoms with Crippen LogP contribution < -0.4 is 0 Å². The first-order chi connectivity index (χ1) is 6.36. The van der Waals surface area contributed by atoms with Crippen LogP contribution >= 0.6 is 0 Å². The molecule has 0 aliphatic rings. The van der Waals surface area contributed by atoms with Gasteiger partial charge in [-0.05, 0) is 11.1 Å². The number of hydrogen-bond acceptors (Lipinski definition) is 2. The molecule has 66 valence electrons. The summed E-state index contributed by atoms with van der Waals surface area (Å²) in [7, 11) is 0. The Labute approximate surface area is 77.8 Å². The number of benzene rings is 1. The molecule has 1 aromatic rings. The third kappa shape index (κ3) is 3.10. The van der Waals surface area contributed by atoms with Crippen molar-refractivity contribution in [2.45, 2.75) is 6.42 Å². The van der Waals surface area contributed by atoms with E-state index in [1.165, 1.54) is 0 Å². The number of nitriles is 1. The molecule has 1 N–H and O–H groups in total. The van der Waals surface area contributed by atoms with Gasteiger partial charge in [0.15, 0.2) is 0 Å². The zero-order chi connectivity index (χ0) is 9.52. The molecule has 0 amide bonds. The lowest BCUT2D eigenvalue weighted by Crippen LogP contribution is -1.82. The topological polar surface area (TPSA) is 44.0 Å². The molecule has 0 unspecified atom stereocenters. The first-order valence-corrected chi connectivity index (χ1v) is 4.10. The maximum absolute atomic E-state index is 8.56. The van der Waals surface area contributed by atoms with Crippen LogP contribution in [-0.2, 0) is 6.42 Å². The van der Waals surface area contributed by atoms with E-state index in [0.717, 1.165) is 11.1 Å². The van der Waals surface area contributed by atoms with Crippen LogP contribution in [0.3, 0.4) is 0 Å². The Kier molecular flexibility index (Phi) is 3.74. The van der Waals surface area contributed by atoms with Crippen molar-refractivity contribution in [3.8, 4) is 6.07 Å². The van der Waals surface area contributed by atoms with Crippen LogP contribution in [0.25, 0.3) is 6.08 Å². The summed E-state index contributed by atoms with van der Waals surface area (Å²) in [6.45, 7) is 0.0441. The quantitative estimate of drug-likeness (QED) is 0.756. The highest BCUT2D eigenvalue weighted by Crippen LogP contribution is 2.07. The molecule has 1 rings (SSSR count). The molecule has 0 radical (unpaired) electrons. The number of hydrogen-bond donors (Lipinski definition) is 1. The highest BCUT2D eigenvalue weighted by molar-refractivity contribution is 5.50.